The van der Waals surface area contributed by atoms with Crippen molar-refractivity contribution >= 4 is 19.8 Å². The fraction of sp³-hybridized carbons (Fsp3) is 0.611. The maximum absolute atomic E-state index is 12.8. The van der Waals surface area contributed by atoms with Crippen LogP contribution in [0.15, 0.2) is 158 Å². The van der Waals surface area contributed by atoms with Crippen molar-refractivity contribution in [1.82, 2.24) is 0 Å². The van der Waals surface area contributed by atoms with Gasteiger partial charge in [-0.2, -0.15) is 0 Å². The lowest BCUT2D eigenvalue weighted by Gasteiger charge is -2.28. The van der Waals surface area contributed by atoms with Crippen LogP contribution < -0.4 is 4.89 Å². The number of likely N-dealkylation sites (N-methyl/N-ethyl adjacent to an activating group) is 1. The van der Waals surface area contributed by atoms with Crippen LogP contribution in [0.2, 0.25) is 0 Å². The van der Waals surface area contributed by atoms with Gasteiger partial charge in [0.2, 0.25) is 0 Å². The Balaban J connectivity index is 4.20. The third kappa shape index (κ3) is 64.8. The number of carbonyl (C=O) groups is 2. The van der Waals surface area contributed by atoms with E-state index in [4.69, 9.17) is 18.5 Å². The first-order valence-electron chi connectivity index (χ1n) is 32.2. The average Bonchev–Trinajstić information content (AvgIpc) is 3.46. The molecule has 0 aliphatic rings. The zero-order chi connectivity index (χ0) is 59.8. The van der Waals surface area contributed by atoms with Gasteiger partial charge < -0.3 is 27.9 Å². The van der Waals surface area contributed by atoms with Crippen LogP contribution in [0.1, 0.15) is 232 Å². The van der Waals surface area contributed by atoms with Crippen molar-refractivity contribution in [1.29, 1.82) is 0 Å². The summed E-state index contributed by atoms with van der Waals surface area (Å²) in [6, 6.07) is 0. The number of allylic oxidation sites excluding steroid dienone is 26. The maximum atomic E-state index is 12.8. The van der Waals surface area contributed by atoms with Gasteiger partial charge in [0.1, 0.15) is 19.8 Å². The third-order valence-electron chi connectivity index (χ3n) is 13.0. The molecule has 82 heavy (non-hydrogen) atoms. The minimum atomic E-state index is -4.66. The van der Waals surface area contributed by atoms with E-state index < -0.39 is 32.5 Å². The highest BCUT2D eigenvalue weighted by Gasteiger charge is 2.22. The number of ether oxygens (including phenoxy) is 2. The summed E-state index contributed by atoms with van der Waals surface area (Å²) in [6.07, 6.45) is 91.5. The van der Waals surface area contributed by atoms with Gasteiger partial charge in [0.25, 0.3) is 7.82 Å². The van der Waals surface area contributed by atoms with E-state index in [1.54, 1.807) is 0 Å². The summed E-state index contributed by atoms with van der Waals surface area (Å²) in [6.45, 7) is 3.97. The van der Waals surface area contributed by atoms with Gasteiger partial charge in [-0.05, 0) is 122 Å². The summed E-state index contributed by atoms with van der Waals surface area (Å²) in [7, 11) is 1.13. The van der Waals surface area contributed by atoms with Crippen molar-refractivity contribution in [3.63, 3.8) is 0 Å². The van der Waals surface area contributed by atoms with Crippen LogP contribution in [0.5, 0.6) is 0 Å². The van der Waals surface area contributed by atoms with Crippen molar-refractivity contribution < 1.29 is 42.1 Å². The van der Waals surface area contributed by atoms with Crippen molar-refractivity contribution in [3.05, 3.63) is 158 Å². The standard InChI is InChI=1S/C72H118NO8P/c1-6-8-10-12-14-16-18-20-22-24-26-28-30-32-34-35-36-37-39-40-42-44-46-48-50-52-54-56-58-60-62-64-71(74)78-68-70(69-80-82(76,77)79-67-66-73(3,4)5)81-72(75)65-63-61-59-57-55-53-51-49-47-45-43-41-38-33-31-29-27-25-23-21-19-17-15-13-11-9-7-2/h8-11,14-17,20-23,26-29,32-34,36-38,43,45,49,51,70H,6-7,12-13,18-19,24-25,30-31,35,39-42,44,46-48,50,52-69H2,1-5H3/b10-8-,11-9-,16-14-,17-15-,22-20-,23-21-,28-26-,29-27-,34-32-,37-36-,38-33-,45-43-,51-49-. The minimum absolute atomic E-state index is 0.0440. The first-order chi connectivity index (χ1) is 40.0. The van der Waals surface area contributed by atoms with Crippen molar-refractivity contribution in [2.24, 2.45) is 0 Å². The summed E-state index contributed by atoms with van der Waals surface area (Å²) in [5, 5.41) is 0. The van der Waals surface area contributed by atoms with E-state index in [0.717, 1.165) is 141 Å². The van der Waals surface area contributed by atoms with Crippen LogP contribution in [0.4, 0.5) is 0 Å². The van der Waals surface area contributed by atoms with Crippen LogP contribution >= 0.6 is 7.82 Å². The fourth-order valence-corrected chi connectivity index (χ4v) is 8.90. The van der Waals surface area contributed by atoms with Gasteiger partial charge in [-0.3, -0.25) is 14.2 Å². The van der Waals surface area contributed by atoms with Crippen LogP contribution in [0.3, 0.4) is 0 Å². The Labute approximate surface area is 503 Å². The van der Waals surface area contributed by atoms with Crippen LogP contribution in [0.25, 0.3) is 0 Å². The van der Waals surface area contributed by atoms with Crippen molar-refractivity contribution in [3.8, 4) is 0 Å². The minimum Gasteiger partial charge on any atom is -0.756 e. The fourth-order valence-electron chi connectivity index (χ4n) is 8.17. The number of hydrogen-bond acceptors (Lipinski definition) is 8. The molecule has 0 amide bonds. The number of carbonyl (C=O) groups excluding carboxylic acids is 2. The smallest absolute Gasteiger partial charge is 0.306 e. The highest BCUT2D eigenvalue weighted by molar-refractivity contribution is 7.45. The van der Waals surface area contributed by atoms with Crippen LogP contribution in [-0.2, 0) is 32.7 Å². The van der Waals surface area contributed by atoms with Gasteiger partial charge in [0, 0.05) is 12.8 Å². The predicted molar refractivity (Wildman–Crippen MR) is 350 cm³/mol. The van der Waals surface area contributed by atoms with Gasteiger partial charge in [-0.15, -0.1) is 0 Å². The monoisotopic (exact) mass is 1160 g/mol. The number of hydrogen-bond donors (Lipinski definition) is 0. The summed E-state index contributed by atoms with van der Waals surface area (Å²) in [5.74, 6) is -0.868. The number of nitrogens with zero attached hydrogens (tertiary/aromatic N) is 1. The highest BCUT2D eigenvalue weighted by atomic mass is 31.2. The molecular formula is C72H118NO8P. The summed E-state index contributed by atoms with van der Waals surface area (Å²) in [5.41, 5.74) is 0. The Morgan fingerprint density at radius 2 is 0.659 bits per heavy atom. The van der Waals surface area contributed by atoms with Crippen LogP contribution in [-0.4, -0.2) is 70.0 Å². The van der Waals surface area contributed by atoms with Gasteiger partial charge in [0.05, 0.1) is 27.7 Å². The van der Waals surface area contributed by atoms with E-state index in [9.17, 15) is 19.0 Å². The number of phosphoric acid groups is 1. The van der Waals surface area contributed by atoms with E-state index in [0.29, 0.717) is 17.4 Å². The van der Waals surface area contributed by atoms with Crippen LogP contribution in [0, 0.1) is 0 Å². The molecule has 10 heteroatoms. The lowest BCUT2D eigenvalue weighted by Crippen LogP contribution is -2.37. The second-order valence-corrected chi connectivity index (χ2v) is 23.4. The SMILES string of the molecule is CC/C=C\C/C=C\C/C=C\C/C=C\C/C=C\C/C=C\C/C=C\CCCCCCCC(=O)OC(COC(=O)CCCCCCCCCCCCCC/C=C\C/C=C\C/C=C\C/C=C\C/C=C\C/C=C\CC)COP(=O)([O-])OCC[N+](C)(C)C. The molecule has 0 aromatic heterocycles. The number of quaternary nitrogens is 1. The molecule has 0 fully saturated rings. The van der Waals surface area contributed by atoms with Crippen molar-refractivity contribution in [2.45, 2.75) is 238 Å². The molecule has 0 saturated heterocycles. The first-order valence-corrected chi connectivity index (χ1v) is 33.7. The number of esters is 2. The molecule has 0 bridgehead atoms. The molecule has 9 nitrogen and oxygen atoms in total. The summed E-state index contributed by atoms with van der Waals surface area (Å²) in [4.78, 5) is 38.0. The summed E-state index contributed by atoms with van der Waals surface area (Å²) >= 11 is 0. The zero-order valence-corrected chi connectivity index (χ0v) is 53.5. The molecule has 0 saturated carbocycles. The molecule has 0 aliphatic carbocycles. The Morgan fingerprint density at radius 1 is 0.378 bits per heavy atom. The number of phosphoric ester groups is 1. The van der Waals surface area contributed by atoms with Crippen molar-refractivity contribution in [2.75, 3.05) is 47.5 Å². The summed E-state index contributed by atoms with van der Waals surface area (Å²) < 4.78 is 34.2. The lowest BCUT2D eigenvalue weighted by atomic mass is 10.0. The van der Waals surface area contributed by atoms with E-state index in [1.807, 2.05) is 21.1 Å². The molecule has 0 rings (SSSR count). The van der Waals surface area contributed by atoms with Gasteiger partial charge in [-0.25, -0.2) is 0 Å². The molecule has 0 N–H and O–H groups in total. The molecule has 0 radical (unpaired) electrons. The first kappa shape index (κ1) is 77.6. The molecule has 464 valence electrons. The number of unbranched alkanes of at least 4 members (excludes halogenated alkanes) is 17. The maximum Gasteiger partial charge on any atom is 0.306 e. The molecular weight excluding hydrogens is 1040 g/mol. The Morgan fingerprint density at radius 3 is 0.976 bits per heavy atom. The van der Waals surface area contributed by atoms with E-state index in [2.05, 4.69) is 172 Å². The quantitative estimate of drug-likeness (QED) is 0.0195. The normalized spacial score (nSPS) is 14.3. The highest BCUT2D eigenvalue weighted by Crippen LogP contribution is 2.38. The molecule has 2 unspecified atom stereocenters. The Kier molecular flexibility index (Phi) is 57.9. The molecule has 0 aromatic carbocycles. The Hall–Kier alpha value is -4.37. The number of rotatable bonds is 57. The Bertz CT molecular complexity index is 1940. The second kappa shape index (κ2) is 61.2. The average molecular weight is 1160 g/mol. The molecule has 0 heterocycles. The lowest BCUT2D eigenvalue weighted by molar-refractivity contribution is -0.870. The largest absolute Gasteiger partial charge is 0.756 e. The zero-order valence-electron chi connectivity index (χ0n) is 52.6. The third-order valence-corrected chi connectivity index (χ3v) is 14.0. The van der Waals surface area contributed by atoms with Gasteiger partial charge in [-0.1, -0.05) is 255 Å². The molecule has 0 aromatic rings. The second-order valence-electron chi connectivity index (χ2n) is 22.0. The van der Waals surface area contributed by atoms with E-state index in [-0.39, 0.29) is 26.1 Å². The van der Waals surface area contributed by atoms with E-state index >= 15 is 0 Å². The molecule has 0 spiro atoms. The topological polar surface area (TPSA) is 111 Å². The molecule has 2 atom stereocenters. The van der Waals surface area contributed by atoms with Gasteiger partial charge in [0.15, 0.2) is 6.10 Å². The van der Waals surface area contributed by atoms with E-state index in [1.165, 1.54) is 57.8 Å². The molecule has 0 aliphatic heterocycles. The predicted octanol–water partition coefficient (Wildman–Crippen LogP) is 20.2. The van der Waals surface area contributed by atoms with Gasteiger partial charge >= 0.3 is 11.9 Å².